The number of rotatable bonds is 7. The molecule has 0 aromatic heterocycles. The highest BCUT2D eigenvalue weighted by molar-refractivity contribution is 6.09. The van der Waals surface area contributed by atoms with Gasteiger partial charge in [0.25, 0.3) is 11.8 Å². The van der Waals surface area contributed by atoms with E-state index in [0.717, 1.165) is 5.56 Å². The molecule has 2 amide bonds. The van der Waals surface area contributed by atoms with Crippen LogP contribution in [0.15, 0.2) is 60.7 Å². The lowest BCUT2D eigenvalue weighted by Crippen LogP contribution is -2.25. The maximum absolute atomic E-state index is 12.8. The molecule has 1 heterocycles. The molecule has 3 aromatic rings. The van der Waals surface area contributed by atoms with Gasteiger partial charge in [0.15, 0.2) is 11.5 Å². The van der Waals surface area contributed by atoms with Crippen molar-refractivity contribution < 1.29 is 28.5 Å². The van der Waals surface area contributed by atoms with Crippen LogP contribution in [0.25, 0.3) is 0 Å². The third-order valence-corrected chi connectivity index (χ3v) is 4.92. The molecule has 0 aliphatic carbocycles. The number of carbonyl (C=O) groups excluding carboxylic acids is 2. The SMILES string of the molecule is COc1cc(OC)cc(C(=O)Nc2ccccc2C(=O)NCc2ccc3c(c2)OCO3)c1. The first-order valence-electron chi connectivity index (χ1n) is 9.87. The van der Waals surface area contributed by atoms with Gasteiger partial charge in [-0.3, -0.25) is 9.59 Å². The van der Waals surface area contributed by atoms with Gasteiger partial charge in [-0.15, -0.1) is 0 Å². The molecule has 1 aliphatic rings. The van der Waals surface area contributed by atoms with Gasteiger partial charge in [-0.2, -0.15) is 0 Å². The van der Waals surface area contributed by atoms with Gasteiger partial charge in [0, 0.05) is 18.2 Å². The highest BCUT2D eigenvalue weighted by atomic mass is 16.7. The van der Waals surface area contributed by atoms with Crippen molar-refractivity contribution in [3.63, 3.8) is 0 Å². The van der Waals surface area contributed by atoms with Crippen LogP contribution in [-0.4, -0.2) is 32.8 Å². The number of anilines is 1. The number of benzene rings is 3. The summed E-state index contributed by atoms with van der Waals surface area (Å²) in [5.41, 5.74) is 1.95. The summed E-state index contributed by atoms with van der Waals surface area (Å²) in [6.07, 6.45) is 0. The largest absolute Gasteiger partial charge is 0.497 e. The molecule has 0 radical (unpaired) electrons. The number of amides is 2. The lowest BCUT2D eigenvalue weighted by atomic mass is 10.1. The van der Waals surface area contributed by atoms with E-state index < -0.39 is 5.91 Å². The molecule has 1 aliphatic heterocycles. The Labute approximate surface area is 185 Å². The van der Waals surface area contributed by atoms with Crippen LogP contribution in [-0.2, 0) is 6.54 Å². The van der Waals surface area contributed by atoms with E-state index in [1.807, 2.05) is 12.1 Å². The van der Waals surface area contributed by atoms with Crippen molar-refractivity contribution in [1.29, 1.82) is 0 Å². The number of nitrogens with one attached hydrogen (secondary N) is 2. The highest BCUT2D eigenvalue weighted by Gasteiger charge is 2.17. The monoisotopic (exact) mass is 434 g/mol. The van der Waals surface area contributed by atoms with E-state index in [1.54, 1.807) is 48.5 Å². The Morgan fingerprint density at radius 3 is 2.34 bits per heavy atom. The van der Waals surface area contributed by atoms with Crippen LogP contribution in [0.1, 0.15) is 26.3 Å². The van der Waals surface area contributed by atoms with Crippen LogP contribution in [0.3, 0.4) is 0 Å². The van der Waals surface area contributed by atoms with E-state index in [4.69, 9.17) is 18.9 Å². The first-order valence-corrected chi connectivity index (χ1v) is 9.87. The molecule has 164 valence electrons. The van der Waals surface area contributed by atoms with Crippen molar-refractivity contribution in [2.24, 2.45) is 0 Å². The fourth-order valence-corrected chi connectivity index (χ4v) is 3.25. The number of fused-ring (bicyclic) bond motifs is 1. The first kappa shape index (κ1) is 21.0. The van der Waals surface area contributed by atoms with E-state index in [2.05, 4.69) is 10.6 Å². The number of carbonyl (C=O) groups is 2. The summed E-state index contributed by atoms with van der Waals surface area (Å²) >= 11 is 0. The summed E-state index contributed by atoms with van der Waals surface area (Å²) in [6.45, 7) is 0.488. The van der Waals surface area contributed by atoms with E-state index in [9.17, 15) is 9.59 Å². The molecule has 0 fully saturated rings. The number of hydrogen-bond acceptors (Lipinski definition) is 6. The fourth-order valence-electron chi connectivity index (χ4n) is 3.25. The Kier molecular flexibility index (Phi) is 6.12. The Hall–Kier alpha value is -4.20. The van der Waals surface area contributed by atoms with Crippen molar-refractivity contribution in [3.05, 3.63) is 77.4 Å². The molecular formula is C24H22N2O6. The van der Waals surface area contributed by atoms with E-state index in [1.165, 1.54) is 14.2 Å². The van der Waals surface area contributed by atoms with Crippen molar-refractivity contribution >= 4 is 17.5 Å². The normalized spacial score (nSPS) is 11.6. The van der Waals surface area contributed by atoms with Gasteiger partial charge < -0.3 is 29.6 Å². The summed E-state index contributed by atoms with van der Waals surface area (Å²) in [5.74, 6) is 1.61. The van der Waals surface area contributed by atoms with Crippen LogP contribution in [0.5, 0.6) is 23.0 Å². The number of hydrogen-bond donors (Lipinski definition) is 2. The van der Waals surface area contributed by atoms with Gasteiger partial charge >= 0.3 is 0 Å². The van der Waals surface area contributed by atoms with Crippen LogP contribution in [0.4, 0.5) is 5.69 Å². The second-order valence-corrected chi connectivity index (χ2v) is 6.97. The number of para-hydroxylation sites is 1. The Bertz CT molecular complexity index is 1140. The van der Waals surface area contributed by atoms with Gasteiger partial charge in [-0.1, -0.05) is 18.2 Å². The molecule has 0 saturated carbocycles. The minimum absolute atomic E-state index is 0.192. The molecule has 0 bridgehead atoms. The van der Waals surface area contributed by atoms with E-state index in [0.29, 0.717) is 46.4 Å². The maximum atomic E-state index is 12.8. The first-order chi connectivity index (χ1) is 15.6. The maximum Gasteiger partial charge on any atom is 0.255 e. The van der Waals surface area contributed by atoms with Gasteiger partial charge in [-0.25, -0.2) is 0 Å². The Morgan fingerprint density at radius 2 is 1.59 bits per heavy atom. The van der Waals surface area contributed by atoms with Gasteiger partial charge in [0.05, 0.1) is 25.5 Å². The lowest BCUT2D eigenvalue weighted by Gasteiger charge is -2.13. The molecular weight excluding hydrogens is 412 g/mol. The van der Waals surface area contributed by atoms with Crippen molar-refractivity contribution in [2.75, 3.05) is 26.3 Å². The fraction of sp³-hybridized carbons (Fsp3) is 0.167. The molecule has 4 rings (SSSR count). The van der Waals surface area contributed by atoms with E-state index in [-0.39, 0.29) is 12.7 Å². The lowest BCUT2D eigenvalue weighted by molar-refractivity contribution is 0.0951. The van der Waals surface area contributed by atoms with Crippen LogP contribution < -0.4 is 29.6 Å². The molecule has 8 nitrogen and oxygen atoms in total. The second kappa shape index (κ2) is 9.30. The standard InChI is InChI=1S/C24H22N2O6/c1-29-17-10-16(11-18(12-17)30-2)23(27)26-20-6-4-3-5-19(20)24(28)25-13-15-7-8-21-22(9-15)32-14-31-21/h3-12H,13-14H2,1-2H3,(H,25,28)(H,26,27). The molecule has 0 saturated heterocycles. The quantitative estimate of drug-likeness (QED) is 0.590. The zero-order valence-electron chi connectivity index (χ0n) is 17.6. The molecule has 3 aromatic carbocycles. The summed E-state index contributed by atoms with van der Waals surface area (Å²) in [6, 6.07) is 17.2. The van der Waals surface area contributed by atoms with Crippen LogP contribution >= 0.6 is 0 Å². The molecule has 0 atom stereocenters. The second-order valence-electron chi connectivity index (χ2n) is 6.97. The van der Waals surface area contributed by atoms with E-state index >= 15 is 0 Å². The summed E-state index contributed by atoms with van der Waals surface area (Å²) in [5, 5.41) is 5.66. The Balaban J connectivity index is 1.47. The van der Waals surface area contributed by atoms with Crippen LogP contribution in [0, 0.1) is 0 Å². The summed E-state index contributed by atoms with van der Waals surface area (Å²) in [7, 11) is 3.02. The van der Waals surface area contributed by atoms with Crippen molar-refractivity contribution in [1.82, 2.24) is 5.32 Å². The minimum atomic E-state index is -0.391. The van der Waals surface area contributed by atoms with Crippen molar-refractivity contribution in [3.8, 4) is 23.0 Å². The van der Waals surface area contributed by atoms with Gasteiger partial charge in [0.2, 0.25) is 6.79 Å². The predicted molar refractivity (Wildman–Crippen MR) is 118 cm³/mol. The zero-order valence-corrected chi connectivity index (χ0v) is 17.6. The highest BCUT2D eigenvalue weighted by Crippen LogP contribution is 2.32. The van der Waals surface area contributed by atoms with Crippen LogP contribution in [0.2, 0.25) is 0 Å². The summed E-state index contributed by atoms with van der Waals surface area (Å²) in [4.78, 5) is 25.7. The minimum Gasteiger partial charge on any atom is -0.497 e. The predicted octanol–water partition coefficient (Wildman–Crippen LogP) is 3.61. The molecule has 32 heavy (non-hydrogen) atoms. The molecule has 2 N–H and O–H groups in total. The zero-order chi connectivity index (χ0) is 22.5. The average Bonchev–Trinajstić information content (AvgIpc) is 3.30. The average molecular weight is 434 g/mol. The smallest absolute Gasteiger partial charge is 0.255 e. The van der Waals surface area contributed by atoms with Gasteiger partial charge in [-0.05, 0) is 42.0 Å². The number of methoxy groups -OCH3 is 2. The molecule has 0 spiro atoms. The molecule has 0 unspecified atom stereocenters. The summed E-state index contributed by atoms with van der Waals surface area (Å²) < 4.78 is 21.1. The third kappa shape index (κ3) is 4.59. The van der Waals surface area contributed by atoms with Crippen molar-refractivity contribution in [2.45, 2.75) is 6.54 Å². The topological polar surface area (TPSA) is 95.1 Å². The third-order valence-electron chi connectivity index (χ3n) is 4.92. The molecule has 8 heteroatoms. The Morgan fingerprint density at radius 1 is 0.875 bits per heavy atom. The number of ether oxygens (including phenoxy) is 4. The van der Waals surface area contributed by atoms with Gasteiger partial charge in [0.1, 0.15) is 11.5 Å².